The van der Waals surface area contributed by atoms with Gasteiger partial charge < -0.3 is 24.8 Å². The smallest absolute Gasteiger partial charge is 0.410 e. The highest BCUT2D eigenvalue weighted by molar-refractivity contribution is 6.03. The van der Waals surface area contributed by atoms with E-state index in [1.165, 1.54) is 4.90 Å². The fourth-order valence-electron chi connectivity index (χ4n) is 2.62. The van der Waals surface area contributed by atoms with Gasteiger partial charge in [-0.3, -0.25) is 14.4 Å². The van der Waals surface area contributed by atoms with Crippen molar-refractivity contribution in [3.63, 3.8) is 0 Å². The lowest BCUT2D eigenvalue weighted by Gasteiger charge is -2.40. The summed E-state index contributed by atoms with van der Waals surface area (Å²) >= 11 is 0. The first-order valence-electron chi connectivity index (χ1n) is 8.88. The van der Waals surface area contributed by atoms with E-state index in [4.69, 9.17) is 14.6 Å². The van der Waals surface area contributed by atoms with E-state index in [0.717, 1.165) is 0 Å². The van der Waals surface area contributed by atoms with Crippen molar-refractivity contribution in [1.82, 2.24) is 10.2 Å². The monoisotopic (exact) mass is 386 g/mol. The number of rotatable bonds is 4. The van der Waals surface area contributed by atoms with E-state index in [-0.39, 0.29) is 25.9 Å². The molecule has 0 aromatic heterocycles. The molecular weight excluding hydrogens is 356 g/mol. The fraction of sp³-hybridized carbons (Fsp3) is 0.778. The molecule has 0 spiro atoms. The quantitative estimate of drug-likeness (QED) is 0.555. The summed E-state index contributed by atoms with van der Waals surface area (Å²) in [6, 6.07) is 0. The number of carboxylic acids is 1. The minimum Gasteiger partial charge on any atom is -0.480 e. The molecule has 2 amide bonds. The summed E-state index contributed by atoms with van der Waals surface area (Å²) in [5.74, 6) is -2.64. The number of piperidine rings is 1. The molecule has 0 radical (unpaired) electrons. The van der Waals surface area contributed by atoms with Gasteiger partial charge >= 0.3 is 18.0 Å². The van der Waals surface area contributed by atoms with Gasteiger partial charge in [-0.25, -0.2) is 4.79 Å². The molecule has 1 aliphatic rings. The number of esters is 1. The van der Waals surface area contributed by atoms with E-state index < -0.39 is 47.1 Å². The molecule has 0 atom stereocenters. The third-order valence-electron chi connectivity index (χ3n) is 3.89. The molecule has 154 valence electrons. The maximum atomic E-state index is 12.8. The van der Waals surface area contributed by atoms with Gasteiger partial charge in [0.2, 0.25) is 5.91 Å². The molecule has 9 heteroatoms. The molecule has 2 N–H and O–H groups in total. The fourth-order valence-corrected chi connectivity index (χ4v) is 2.62. The second-order valence-electron chi connectivity index (χ2n) is 8.63. The number of hydrogen-bond acceptors (Lipinski definition) is 6. The van der Waals surface area contributed by atoms with Gasteiger partial charge in [-0.2, -0.15) is 0 Å². The average Bonchev–Trinajstić information content (AvgIpc) is 2.49. The van der Waals surface area contributed by atoms with Gasteiger partial charge in [-0.05, 0) is 54.4 Å². The van der Waals surface area contributed by atoms with Crippen LogP contribution in [0.4, 0.5) is 4.79 Å². The third-order valence-corrected chi connectivity index (χ3v) is 3.89. The van der Waals surface area contributed by atoms with Crippen LogP contribution in [0.1, 0.15) is 54.4 Å². The summed E-state index contributed by atoms with van der Waals surface area (Å²) in [4.78, 5) is 49.8. The summed E-state index contributed by atoms with van der Waals surface area (Å²) in [5, 5.41) is 11.1. The zero-order valence-electron chi connectivity index (χ0n) is 16.9. The van der Waals surface area contributed by atoms with Gasteiger partial charge in [0.25, 0.3) is 0 Å². The standard InChI is InChI=1S/C18H30N2O7/c1-16(2,3)26-14(24)18(13(23)19-11-12(21)22)7-9-20(10-8-18)15(25)27-17(4,5)6/h7-11H2,1-6H3,(H,19,23)(H,21,22). The number of ether oxygens (including phenoxy) is 2. The SMILES string of the molecule is CC(C)(C)OC(=O)N1CCC(C(=O)NCC(=O)O)(C(=O)OC(C)(C)C)CC1. The van der Waals surface area contributed by atoms with Crippen molar-refractivity contribution in [3.8, 4) is 0 Å². The van der Waals surface area contributed by atoms with Crippen molar-refractivity contribution in [2.45, 2.75) is 65.6 Å². The molecule has 0 aromatic rings. The van der Waals surface area contributed by atoms with Crippen molar-refractivity contribution in [2.75, 3.05) is 19.6 Å². The Morgan fingerprint density at radius 3 is 1.85 bits per heavy atom. The predicted molar refractivity (Wildman–Crippen MR) is 96.0 cm³/mol. The van der Waals surface area contributed by atoms with Crippen LogP contribution in [0, 0.1) is 5.41 Å². The molecule has 0 saturated carbocycles. The maximum Gasteiger partial charge on any atom is 0.410 e. The number of aliphatic carboxylic acids is 1. The van der Waals surface area contributed by atoms with Gasteiger partial charge in [0.05, 0.1) is 0 Å². The number of carbonyl (C=O) groups excluding carboxylic acids is 3. The highest BCUT2D eigenvalue weighted by Gasteiger charge is 2.51. The summed E-state index contributed by atoms with van der Waals surface area (Å²) in [6.07, 6.45) is -0.481. The van der Waals surface area contributed by atoms with Crippen LogP contribution in [0.25, 0.3) is 0 Å². The highest BCUT2D eigenvalue weighted by atomic mass is 16.6. The van der Waals surface area contributed by atoms with Gasteiger partial charge in [0, 0.05) is 13.1 Å². The van der Waals surface area contributed by atoms with E-state index in [2.05, 4.69) is 5.32 Å². The molecular formula is C18H30N2O7. The molecule has 0 unspecified atom stereocenters. The number of carboxylic acid groups (broad SMARTS) is 1. The van der Waals surface area contributed by atoms with Gasteiger partial charge in [0.15, 0.2) is 0 Å². The van der Waals surface area contributed by atoms with Crippen LogP contribution >= 0.6 is 0 Å². The molecule has 1 rings (SSSR count). The summed E-state index contributed by atoms with van der Waals surface area (Å²) in [7, 11) is 0. The van der Waals surface area contributed by atoms with E-state index in [1.807, 2.05) is 0 Å². The summed E-state index contributed by atoms with van der Waals surface area (Å²) < 4.78 is 10.7. The van der Waals surface area contributed by atoms with Crippen molar-refractivity contribution >= 4 is 23.9 Å². The lowest BCUT2D eigenvalue weighted by atomic mass is 9.77. The maximum absolute atomic E-state index is 12.8. The lowest BCUT2D eigenvalue weighted by Crippen LogP contribution is -2.56. The topological polar surface area (TPSA) is 122 Å². The van der Waals surface area contributed by atoms with E-state index in [9.17, 15) is 19.2 Å². The van der Waals surface area contributed by atoms with Crippen LogP contribution in [0.15, 0.2) is 0 Å². The number of carbonyl (C=O) groups is 4. The number of amides is 2. The van der Waals surface area contributed by atoms with Crippen molar-refractivity contribution in [1.29, 1.82) is 0 Å². The highest BCUT2D eigenvalue weighted by Crippen LogP contribution is 2.35. The predicted octanol–water partition coefficient (Wildman–Crippen LogP) is 1.55. The second kappa shape index (κ2) is 8.14. The first-order chi connectivity index (χ1) is 12.2. The Balaban J connectivity index is 2.95. The zero-order chi connectivity index (χ0) is 21.0. The molecule has 1 fully saturated rings. The normalized spacial score (nSPS) is 17.0. The summed E-state index contributed by atoms with van der Waals surface area (Å²) in [5.41, 5.74) is -3.00. The largest absolute Gasteiger partial charge is 0.480 e. The molecule has 0 aromatic carbocycles. The zero-order valence-corrected chi connectivity index (χ0v) is 16.9. The number of nitrogens with zero attached hydrogens (tertiary/aromatic N) is 1. The third kappa shape index (κ3) is 6.73. The summed E-state index contributed by atoms with van der Waals surface area (Å²) in [6.45, 7) is 9.94. The van der Waals surface area contributed by atoms with Gasteiger partial charge in [0.1, 0.15) is 23.2 Å². The molecule has 0 aliphatic carbocycles. The van der Waals surface area contributed by atoms with Crippen LogP contribution in [0.5, 0.6) is 0 Å². The van der Waals surface area contributed by atoms with Crippen molar-refractivity contribution < 1.29 is 33.8 Å². The van der Waals surface area contributed by atoms with Crippen LogP contribution in [-0.2, 0) is 23.9 Å². The van der Waals surface area contributed by atoms with Crippen LogP contribution < -0.4 is 5.32 Å². The molecule has 27 heavy (non-hydrogen) atoms. The number of nitrogens with one attached hydrogen (secondary N) is 1. The lowest BCUT2D eigenvalue weighted by molar-refractivity contribution is -0.174. The molecule has 1 saturated heterocycles. The van der Waals surface area contributed by atoms with Crippen molar-refractivity contribution in [3.05, 3.63) is 0 Å². The first kappa shape index (κ1) is 22.7. The molecule has 1 heterocycles. The van der Waals surface area contributed by atoms with Gasteiger partial charge in [-0.15, -0.1) is 0 Å². The Morgan fingerprint density at radius 1 is 0.963 bits per heavy atom. The number of hydrogen-bond donors (Lipinski definition) is 2. The number of likely N-dealkylation sites (tertiary alicyclic amines) is 1. The van der Waals surface area contributed by atoms with Crippen LogP contribution in [0.2, 0.25) is 0 Å². The molecule has 1 aliphatic heterocycles. The van der Waals surface area contributed by atoms with Gasteiger partial charge in [-0.1, -0.05) is 0 Å². The molecule has 9 nitrogen and oxygen atoms in total. The Hall–Kier alpha value is -2.32. The Labute approximate surface area is 159 Å². The van der Waals surface area contributed by atoms with E-state index >= 15 is 0 Å². The minimum atomic E-state index is -1.54. The Morgan fingerprint density at radius 2 is 1.44 bits per heavy atom. The Kier molecular flexibility index (Phi) is 6.85. The Bertz CT molecular complexity index is 594. The van der Waals surface area contributed by atoms with E-state index in [1.54, 1.807) is 41.5 Å². The van der Waals surface area contributed by atoms with Crippen LogP contribution in [0.3, 0.4) is 0 Å². The minimum absolute atomic E-state index is 0.0204. The first-order valence-corrected chi connectivity index (χ1v) is 8.88. The van der Waals surface area contributed by atoms with Crippen LogP contribution in [-0.4, -0.2) is 64.8 Å². The van der Waals surface area contributed by atoms with E-state index in [0.29, 0.717) is 0 Å². The molecule has 0 bridgehead atoms. The second-order valence-corrected chi connectivity index (χ2v) is 8.63. The van der Waals surface area contributed by atoms with Crippen molar-refractivity contribution in [2.24, 2.45) is 5.41 Å². The average molecular weight is 386 g/mol.